The highest BCUT2D eigenvalue weighted by molar-refractivity contribution is 6.11. The number of H-pyrrole nitrogens is 1. The summed E-state index contributed by atoms with van der Waals surface area (Å²) < 4.78 is 10.2. The minimum absolute atomic E-state index is 0.131. The Bertz CT molecular complexity index is 927. The summed E-state index contributed by atoms with van der Waals surface area (Å²) in [6.07, 6.45) is 6.66. The van der Waals surface area contributed by atoms with Crippen LogP contribution in [-0.4, -0.2) is 79.6 Å². The van der Waals surface area contributed by atoms with Crippen molar-refractivity contribution in [3.05, 3.63) is 23.9 Å². The zero-order valence-corrected chi connectivity index (χ0v) is 18.4. The Kier molecular flexibility index (Phi) is 6.77. The molecule has 1 aliphatic carbocycles. The van der Waals surface area contributed by atoms with E-state index in [1.807, 2.05) is 6.07 Å². The van der Waals surface area contributed by atoms with Crippen molar-refractivity contribution in [1.82, 2.24) is 14.8 Å². The Balaban J connectivity index is 1.40. The van der Waals surface area contributed by atoms with Crippen LogP contribution in [0.3, 0.4) is 0 Å². The van der Waals surface area contributed by atoms with E-state index in [-0.39, 0.29) is 11.6 Å². The molecule has 2 fully saturated rings. The first-order valence-corrected chi connectivity index (χ1v) is 11.1. The van der Waals surface area contributed by atoms with E-state index in [2.05, 4.69) is 20.1 Å². The summed E-state index contributed by atoms with van der Waals surface area (Å²) in [4.78, 5) is 32.9. The van der Waals surface area contributed by atoms with E-state index in [0.717, 1.165) is 37.6 Å². The van der Waals surface area contributed by atoms with Gasteiger partial charge in [0.05, 0.1) is 32.0 Å². The van der Waals surface area contributed by atoms with Crippen LogP contribution >= 0.6 is 0 Å². The topological polar surface area (TPSA) is 86.9 Å². The molecular weight excluding hydrogens is 396 g/mol. The van der Waals surface area contributed by atoms with Crippen molar-refractivity contribution in [1.29, 1.82) is 0 Å². The molecule has 0 unspecified atom stereocenters. The first kappa shape index (κ1) is 21.6. The number of aromatic nitrogens is 1. The van der Waals surface area contributed by atoms with Gasteiger partial charge in [0.25, 0.3) is 0 Å². The third kappa shape index (κ3) is 4.85. The lowest BCUT2D eigenvalue weighted by molar-refractivity contribution is -0.117. The number of nitrogens with zero attached hydrogens (tertiary/aromatic N) is 2. The van der Waals surface area contributed by atoms with Crippen LogP contribution in [0.25, 0.3) is 10.9 Å². The summed E-state index contributed by atoms with van der Waals surface area (Å²) in [5.74, 6) is 0.0124. The van der Waals surface area contributed by atoms with E-state index in [4.69, 9.17) is 9.47 Å². The van der Waals surface area contributed by atoms with Crippen molar-refractivity contribution in [2.45, 2.75) is 38.1 Å². The van der Waals surface area contributed by atoms with Crippen molar-refractivity contribution >= 4 is 28.5 Å². The molecule has 0 atom stereocenters. The molecule has 0 radical (unpaired) electrons. The Morgan fingerprint density at radius 2 is 1.84 bits per heavy atom. The Morgan fingerprint density at radius 1 is 1.10 bits per heavy atom. The highest BCUT2D eigenvalue weighted by Crippen LogP contribution is 2.31. The van der Waals surface area contributed by atoms with Gasteiger partial charge in [0, 0.05) is 43.7 Å². The molecule has 0 spiro atoms. The van der Waals surface area contributed by atoms with Crippen molar-refractivity contribution in [3.8, 4) is 5.75 Å². The predicted octanol–water partition coefficient (Wildman–Crippen LogP) is 2.85. The molecule has 2 N–H and O–H groups in total. The molecule has 2 heterocycles. The fraction of sp³-hybridized carbons (Fsp3) is 0.565. The van der Waals surface area contributed by atoms with Gasteiger partial charge in [0.1, 0.15) is 11.4 Å². The van der Waals surface area contributed by atoms with Gasteiger partial charge < -0.3 is 19.8 Å². The Morgan fingerprint density at radius 3 is 2.52 bits per heavy atom. The number of aromatic amines is 1. The van der Waals surface area contributed by atoms with Gasteiger partial charge in [-0.25, -0.2) is 4.79 Å². The highest BCUT2D eigenvalue weighted by Gasteiger charge is 2.27. The fourth-order valence-corrected chi connectivity index (χ4v) is 4.80. The van der Waals surface area contributed by atoms with Gasteiger partial charge in [-0.15, -0.1) is 0 Å². The molecule has 31 heavy (non-hydrogen) atoms. The highest BCUT2D eigenvalue weighted by atomic mass is 16.5. The van der Waals surface area contributed by atoms with E-state index in [0.29, 0.717) is 23.5 Å². The molecule has 1 amide bonds. The lowest BCUT2D eigenvalue weighted by atomic mass is 9.94. The summed E-state index contributed by atoms with van der Waals surface area (Å²) in [5.41, 5.74) is 1.40. The van der Waals surface area contributed by atoms with E-state index in [9.17, 15) is 9.59 Å². The summed E-state index contributed by atoms with van der Waals surface area (Å²) in [7, 11) is 2.91. The second-order valence-electron chi connectivity index (χ2n) is 8.43. The number of amides is 1. The van der Waals surface area contributed by atoms with E-state index in [1.165, 1.54) is 39.2 Å². The molecule has 0 bridgehead atoms. The number of rotatable bonds is 6. The third-order valence-corrected chi connectivity index (χ3v) is 6.52. The number of fused-ring (bicyclic) bond motifs is 1. The van der Waals surface area contributed by atoms with Gasteiger partial charge in [-0.2, -0.15) is 0 Å². The molecule has 168 valence electrons. The van der Waals surface area contributed by atoms with Gasteiger partial charge in [-0.1, -0.05) is 19.3 Å². The second kappa shape index (κ2) is 9.70. The van der Waals surface area contributed by atoms with E-state index in [1.54, 1.807) is 19.2 Å². The number of esters is 1. The van der Waals surface area contributed by atoms with Crippen LogP contribution in [0.2, 0.25) is 0 Å². The number of ether oxygens (including phenoxy) is 2. The third-order valence-electron chi connectivity index (χ3n) is 6.52. The molecule has 4 rings (SSSR count). The molecule has 1 aromatic carbocycles. The van der Waals surface area contributed by atoms with Crippen LogP contribution < -0.4 is 10.1 Å². The van der Waals surface area contributed by atoms with Crippen molar-refractivity contribution in [2.75, 3.05) is 52.3 Å². The largest absolute Gasteiger partial charge is 0.497 e. The van der Waals surface area contributed by atoms with Crippen molar-refractivity contribution < 1.29 is 19.1 Å². The number of carbonyl (C=O) groups is 2. The van der Waals surface area contributed by atoms with Crippen LogP contribution in [-0.2, 0) is 9.53 Å². The van der Waals surface area contributed by atoms with Crippen LogP contribution in [0.15, 0.2) is 18.2 Å². The van der Waals surface area contributed by atoms with Crippen molar-refractivity contribution in [2.24, 2.45) is 0 Å². The molecule has 1 aromatic heterocycles. The van der Waals surface area contributed by atoms with Gasteiger partial charge >= 0.3 is 5.97 Å². The lowest BCUT2D eigenvalue weighted by Gasteiger charge is -2.40. The maximum atomic E-state index is 12.8. The van der Waals surface area contributed by atoms with Gasteiger partial charge in [-0.3, -0.25) is 14.6 Å². The maximum Gasteiger partial charge on any atom is 0.356 e. The first-order valence-electron chi connectivity index (χ1n) is 11.1. The number of hydrogen-bond donors (Lipinski definition) is 2. The minimum atomic E-state index is -0.522. The molecule has 8 heteroatoms. The molecule has 1 saturated carbocycles. The number of piperazine rings is 1. The standard InChI is InChI=1S/C23H32N4O4/c1-30-17-8-9-18-19(14-17)24-22(23(29)31-2)21(18)25-20(28)15-26-10-12-27(13-11-26)16-6-4-3-5-7-16/h8-9,14,16,24H,3-7,10-13,15H2,1-2H3,(H,25,28). The monoisotopic (exact) mass is 428 g/mol. The fourth-order valence-electron chi connectivity index (χ4n) is 4.80. The average Bonchev–Trinajstić information content (AvgIpc) is 3.16. The minimum Gasteiger partial charge on any atom is -0.497 e. The van der Waals surface area contributed by atoms with Gasteiger partial charge in [0.15, 0.2) is 0 Å². The number of methoxy groups -OCH3 is 2. The lowest BCUT2D eigenvalue weighted by Crippen LogP contribution is -2.52. The van der Waals surface area contributed by atoms with Crippen LogP contribution in [0.5, 0.6) is 5.75 Å². The zero-order valence-electron chi connectivity index (χ0n) is 18.4. The molecule has 1 aliphatic heterocycles. The number of benzene rings is 1. The second-order valence-corrected chi connectivity index (χ2v) is 8.43. The number of hydrogen-bond acceptors (Lipinski definition) is 6. The Hall–Kier alpha value is -2.58. The predicted molar refractivity (Wildman–Crippen MR) is 120 cm³/mol. The quantitative estimate of drug-likeness (QED) is 0.688. The summed E-state index contributed by atoms with van der Waals surface area (Å²) in [6.45, 7) is 4.11. The average molecular weight is 429 g/mol. The first-order chi connectivity index (χ1) is 15.1. The van der Waals surface area contributed by atoms with Crippen LogP contribution in [0.1, 0.15) is 42.6 Å². The Labute approximate surface area is 182 Å². The van der Waals surface area contributed by atoms with Crippen molar-refractivity contribution in [3.63, 3.8) is 0 Å². The summed E-state index contributed by atoms with van der Waals surface area (Å²) >= 11 is 0. The molecule has 8 nitrogen and oxygen atoms in total. The molecular formula is C23H32N4O4. The molecule has 2 aliphatic rings. The molecule has 1 saturated heterocycles. The normalized spacial score (nSPS) is 18.8. The van der Waals surface area contributed by atoms with Gasteiger partial charge in [-0.05, 0) is 25.0 Å². The SMILES string of the molecule is COC(=O)c1[nH]c2cc(OC)ccc2c1NC(=O)CN1CCN(C2CCCCC2)CC1. The van der Waals surface area contributed by atoms with E-state index < -0.39 is 5.97 Å². The summed E-state index contributed by atoms with van der Waals surface area (Å²) in [5, 5.41) is 3.69. The summed E-state index contributed by atoms with van der Waals surface area (Å²) in [6, 6.07) is 6.14. The smallest absolute Gasteiger partial charge is 0.356 e. The number of carbonyl (C=O) groups excluding carboxylic acids is 2. The van der Waals surface area contributed by atoms with Gasteiger partial charge in [0.2, 0.25) is 5.91 Å². The van der Waals surface area contributed by atoms with Crippen LogP contribution in [0.4, 0.5) is 5.69 Å². The number of nitrogens with one attached hydrogen (secondary N) is 2. The van der Waals surface area contributed by atoms with E-state index >= 15 is 0 Å². The van der Waals surface area contributed by atoms with Crippen LogP contribution in [0, 0.1) is 0 Å². The zero-order chi connectivity index (χ0) is 21.8. The molecule has 2 aromatic rings. The number of anilines is 1. The maximum absolute atomic E-state index is 12.8.